The molecule has 0 saturated heterocycles. The molecule has 0 amide bonds. The third-order valence-electron chi connectivity index (χ3n) is 1.68. The van der Waals surface area contributed by atoms with Crippen molar-refractivity contribution in [2.24, 2.45) is 0 Å². The van der Waals surface area contributed by atoms with Crippen LogP contribution in [0.1, 0.15) is 25.4 Å². The van der Waals surface area contributed by atoms with E-state index in [1.54, 1.807) is 24.9 Å². The molecule has 4 nitrogen and oxygen atoms in total. The van der Waals surface area contributed by atoms with Gasteiger partial charge in [-0.3, -0.25) is 0 Å². The summed E-state index contributed by atoms with van der Waals surface area (Å²) in [4.78, 5) is 8.54. The van der Waals surface area contributed by atoms with Crippen LogP contribution < -0.4 is 5.73 Å². The zero-order valence-corrected chi connectivity index (χ0v) is 10.2. The number of thioether (sulfide) groups is 1. The van der Waals surface area contributed by atoms with Gasteiger partial charge < -0.3 is 10.5 Å². The predicted octanol–water partition coefficient (Wildman–Crippen LogP) is 1.85. The van der Waals surface area contributed by atoms with Crippen molar-refractivity contribution in [2.45, 2.75) is 31.5 Å². The SMILES string of the molecule is COCc1cc(N)nc(CSC(C)C)n1. The minimum absolute atomic E-state index is 0.478. The summed E-state index contributed by atoms with van der Waals surface area (Å²) in [5, 5.41) is 0.570. The molecule has 0 aliphatic rings. The lowest BCUT2D eigenvalue weighted by atomic mass is 10.4. The van der Waals surface area contributed by atoms with Crippen LogP contribution in [0.5, 0.6) is 0 Å². The maximum atomic E-state index is 5.68. The zero-order chi connectivity index (χ0) is 11.3. The van der Waals surface area contributed by atoms with E-state index in [4.69, 9.17) is 10.5 Å². The summed E-state index contributed by atoms with van der Waals surface area (Å²) in [5.74, 6) is 2.08. The molecule has 5 heteroatoms. The highest BCUT2D eigenvalue weighted by atomic mass is 32.2. The number of nitrogens with zero attached hydrogens (tertiary/aromatic N) is 2. The van der Waals surface area contributed by atoms with Crippen LogP contribution in [0.4, 0.5) is 5.82 Å². The third kappa shape index (κ3) is 4.48. The Morgan fingerprint density at radius 1 is 1.47 bits per heavy atom. The largest absolute Gasteiger partial charge is 0.384 e. The van der Waals surface area contributed by atoms with Gasteiger partial charge in [0, 0.05) is 13.2 Å². The van der Waals surface area contributed by atoms with E-state index in [9.17, 15) is 0 Å². The van der Waals surface area contributed by atoms with Crippen molar-refractivity contribution in [3.63, 3.8) is 0 Å². The second-order valence-corrected chi connectivity index (χ2v) is 5.06. The summed E-state index contributed by atoms with van der Waals surface area (Å²) in [7, 11) is 1.64. The number of rotatable bonds is 5. The van der Waals surface area contributed by atoms with Gasteiger partial charge in [0.2, 0.25) is 0 Å². The summed E-state index contributed by atoms with van der Waals surface area (Å²) in [6.45, 7) is 4.77. The van der Waals surface area contributed by atoms with Gasteiger partial charge in [-0.15, -0.1) is 0 Å². The van der Waals surface area contributed by atoms with Gasteiger partial charge in [-0.25, -0.2) is 9.97 Å². The van der Waals surface area contributed by atoms with E-state index in [0.29, 0.717) is 17.7 Å². The van der Waals surface area contributed by atoms with Crippen molar-refractivity contribution >= 4 is 17.6 Å². The van der Waals surface area contributed by atoms with Crippen LogP contribution in [-0.2, 0) is 17.1 Å². The number of hydrogen-bond acceptors (Lipinski definition) is 5. The molecule has 0 aliphatic carbocycles. The van der Waals surface area contributed by atoms with Crippen molar-refractivity contribution in [1.82, 2.24) is 9.97 Å². The van der Waals surface area contributed by atoms with E-state index in [1.807, 2.05) is 0 Å². The molecule has 0 aromatic carbocycles. The van der Waals surface area contributed by atoms with E-state index in [-0.39, 0.29) is 0 Å². The van der Waals surface area contributed by atoms with Crippen LogP contribution in [0.2, 0.25) is 0 Å². The van der Waals surface area contributed by atoms with Crippen molar-refractivity contribution in [2.75, 3.05) is 12.8 Å². The summed E-state index contributed by atoms with van der Waals surface area (Å²) in [6.07, 6.45) is 0. The number of methoxy groups -OCH3 is 1. The fourth-order valence-corrected chi connectivity index (χ4v) is 1.71. The van der Waals surface area contributed by atoms with Crippen LogP contribution in [0, 0.1) is 0 Å². The Morgan fingerprint density at radius 2 is 2.20 bits per heavy atom. The van der Waals surface area contributed by atoms with Gasteiger partial charge in [-0.05, 0) is 5.25 Å². The molecule has 84 valence electrons. The van der Waals surface area contributed by atoms with Gasteiger partial charge in [0.15, 0.2) is 0 Å². The van der Waals surface area contributed by atoms with E-state index < -0.39 is 0 Å². The minimum Gasteiger partial charge on any atom is -0.384 e. The number of nitrogens with two attached hydrogens (primary N) is 1. The van der Waals surface area contributed by atoms with Gasteiger partial charge in [0.1, 0.15) is 11.6 Å². The molecule has 1 aromatic rings. The first-order chi connectivity index (χ1) is 7.11. The molecule has 0 unspecified atom stereocenters. The topological polar surface area (TPSA) is 61.0 Å². The number of hydrogen-bond donors (Lipinski definition) is 1. The normalized spacial score (nSPS) is 10.9. The first-order valence-corrected chi connectivity index (χ1v) is 5.89. The van der Waals surface area contributed by atoms with Gasteiger partial charge in [0.25, 0.3) is 0 Å². The highest BCUT2D eigenvalue weighted by Gasteiger charge is 2.04. The molecular formula is C10H17N3OS. The second-order valence-electron chi connectivity index (χ2n) is 3.49. The number of aromatic nitrogens is 2. The molecule has 2 N–H and O–H groups in total. The van der Waals surface area contributed by atoms with Gasteiger partial charge in [-0.2, -0.15) is 11.8 Å². The Balaban J connectivity index is 2.70. The van der Waals surface area contributed by atoms with E-state index >= 15 is 0 Å². The lowest BCUT2D eigenvalue weighted by Gasteiger charge is -2.06. The van der Waals surface area contributed by atoms with Crippen molar-refractivity contribution in [1.29, 1.82) is 0 Å². The van der Waals surface area contributed by atoms with Crippen molar-refractivity contribution in [3.8, 4) is 0 Å². The van der Waals surface area contributed by atoms with Crippen LogP contribution in [-0.4, -0.2) is 22.3 Å². The second kappa shape index (κ2) is 5.92. The van der Waals surface area contributed by atoms with Gasteiger partial charge >= 0.3 is 0 Å². The molecule has 0 fully saturated rings. The Hall–Kier alpha value is -0.810. The lowest BCUT2D eigenvalue weighted by Crippen LogP contribution is -2.04. The lowest BCUT2D eigenvalue weighted by molar-refractivity contribution is 0.181. The molecule has 0 spiro atoms. The van der Waals surface area contributed by atoms with E-state index in [2.05, 4.69) is 23.8 Å². The van der Waals surface area contributed by atoms with Gasteiger partial charge in [-0.1, -0.05) is 13.8 Å². The predicted molar refractivity (Wildman–Crippen MR) is 63.6 cm³/mol. The van der Waals surface area contributed by atoms with E-state index in [0.717, 1.165) is 17.3 Å². The van der Waals surface area contributed by atoms with E-state index in [1.165, 1.54) is 0 Å². The Kier molecular flexibility index (Phi) is 4.84. The third-order valence-corrected chi connectivity index (χ3v) is 2.77. The molecule has 0 aliphatic heterocycles. The molecule has 0 saturated carbocycles. The molecule has 0 bridgehead atoms. The minimum atomic E-state index is 0.478. The van der Waals surface area contributed by atoms with Crippen LogP contribution >= 0.6 is 11.8 Å². The highest BCUT2D eigenvalue weighted by Crippen LogP contribution is 2.15. The monoisotopic (exact) mass is 227 g/mol. The number of nitrogen functional groups attached to an aromatic ring is 1. The molecule has 0 radical (unpaired) electrons. The first-order valence-electron chi connectivity index (χ1n) is 4.84. The van der Waals surface area contributed by atoms with Crippen LogP contribution in [0.15, 0.2) is 6.07 Å². The Labute approximate surface area is 94.6 Å². The maximum absolute atomic E-state index is 5.68. The first kappa shape index (κ1) is 12.3. The fraction of sp³-hybridized carbons (Fsp3) is 0.600. The quantitative estimate of drug-likeness (QED) is 0.831. The van der Waals surface area contributed by atoms with Crippen molar-refractivity contribution < 1.29 is 4.74 Å². The fourth-order valence-electron chi connectivity index (χ4n) is 1.10. The maximum Gasteiger partial charge on any atom is 0.140 e. The highest BCUT2D eigenvalue weighted by molar-refractivity contribution is 7.99. The summed E-state index contributed by atoms with van der Waals surface area (Å²) in [6, 6.07) is 1.74. The van der Waals surface area contributed by atoms with Crippen LogP contribution in [0.3, 0.4) is 0 Å². The summed E-state index contributed by atoms with van der Waals surface area (Å²) >= 11 is 1.80. The van der Waals surface area contributed by atoms with Crippen LogP contribution in [0.25, 0.3) is 0 Å². The van der Waals surface area contributed by atoms with Gasteiger partial charge in [0.05, 0.1) is 18.1 Å². The number of anilines is 1. The average Bonchev–Trinajstić information content (AvgIpc) is 2.14. The Bertz CT molecular complexity index is 318. The Morgan fingerprint density at radius 3 is 2.80 bits per heavy atom. The summed E-state index contributed by atoms with van der Waals surface area (Å²) < 4.78 is 5.01. The molecule has 1 heterocycles. The average molecular weight is 227 g/mol. The zero-order valence-electron chi connectivity index (χ0n) is 9.36. The molecule has 1 rings (SSSR count). The van der Waals surface area contributed by atoms with Crippen molar-refractivity contribution in [3.05, 3.63) is 17.6 Å². The smallest absolute Gasteiger partial charge is 0.140 e. The molecular weight excluding hydrogens is 210 g/mol. The summed E-state index contributed by atoms with van der Waals surface area (Å²) in [5.41, 5.74) is 6.52. The molecule has 0 atom stereocenters. The number of ether oxygens (including phenoxy) is 1. The standard InChI is InChI=1S/C10H17N3OS/c1-7(2)15-6-10-12-8(5-14-3)4-9(11)13-10/h4,7H,5-6H2,1-3H3,(H2,11,12,13). The molecule has 15 heavy (non-hydrogen) atoms. The molecule has 1 aromatic heterocycles.